The number of fused-ring (bicyclic) bond motifs is 8. The highest BCUT2D eigenvalue weighted by Crippen LogP contribution is 2.62. The van der Waals surface area contributed by atoms with Gasteiger partial charge in [0.05, 0.1) is 16.8 Å². The smallest absolute Gasteiger partial charge is 0.0720 e. The molecule has 0 amide bonds. The minimum absolute atomic E-state index is 0.153. The average molecular weight is 728 g/mol. The third-order valence-corrected chi connectivity index (χ3v) is 12.7. The van der Waals surface area contributed by atoms with Crippen LogP contribution in [0.25, 0.3) is 44.2 Å². The fourth-order valence-electron chi connectivity index (χ4n) is 10.2. The molecule has 2 aliphatic carbocycles. The third-order valence-electron chi connectivity index (χ3n) is 12.7. The Labute approximate surface area is 335 Å². The Morgan fingerprint density at radius 3 is 1.65 bits per heavy atom. The molecule has 1 heteroatoms. The lowest BCUT2D eigenvalue weighted by Crippen LogP contribution is -2.29. The second kappa shape index (κ2) is 12.8. The zero-order valence-corrected chi connectivity index (χ0v) is 32.2. The Balaban J connectivity index is 1.30. The van der Waals surface area contributed by atoms with E-state index in [1.165, 1.54) is 83.2 Å². The van der Waals surface area contributed by atoms with Gasteiger partial charge in [-0.15, -0.1) is 0 Å². The van der Waals surface area contributed by atoms with E-state index >= 15 is 0 Å². The molecular formula is C56H41N. The van der Waals surface area contributed by atoms with Gasteiger partial charge in [-0.1, -0.05) is 202 Å². The van der Waals surface area contributed by atoms with Crippen molar-refractivity contribution in [3.8, 4) is 33.4 Å². The van der Waals surface area contributed by atoms with Crippen LogP contribution in [0, 0.1) is 0 Å². The van der Waals surface area contributed by atoms with E-state index in [0.29, 0.717) is 0 Å². The minimum Gasteiger partial charge on any atom is -0.309 e. The predicted octanol–water partition coefficient (Wildman–Crippen LogP) is 14.6. The Morgan fingerprint density at radius 1 is 0.386 bits per heavy atom. The molecule has 0 radical (unpaired) electrons. The summed E-state index contributed by atoms with van der Waals surface area (Å²) >= 11 is 0. The van der Waals surface area contributed by atoms with Gasteiger partial charge in [0.15, 0.2) is 0 Å². The van der Waals surface area contributed by atoms with Crippen molar-refractivity contribution < 1.29 is 0 Å². The SMILES string of the molecule is CC1(C)c2ccccc2-c2ccc(N(c3ccccc3-c3ccccc3)c3cc4ccccc4c4c3-c3ccccc3C4(c3ccccc3)c3ccccc3)cc21. The van der Waals surface area contributed by atoms with E-state index in [4.69, 9.17) is 0 Å². The molecule has 0 saturated carbocycles. The molecule has 57 heavy (non-hydrogen) atoms. The monoisotopic (exact) mass is 727 g/mol. The molecular weight excluding hydrogens is 687 g/mol. The molecule has 0 aliphatic heterocycles. The summed E-state index contributed by atoms with van der Waals surface area (Å²) in [7, 11) is 0. The quantitative estimate of drug-likeness (QED) is 0.165. The fourth-order valence-corrected chi connectivity index (χ4v) is 10.2. The maximum Gasteiger partial charge on any atom is 0.0720 e. The highest BCUT2D eigenvalue weighted by molar-refractivity contribution is 6.08. The maximum atomic E-state index is 2.57. The molecule has 0 unspecified atom stereocenters. The van der Waals surface area contributed by atoms with Gasteiger partial charge in [0.1, 0.15) is 0 Å². The summed E-state index contributed by atoms with van der Waals surface area (Å²) < 4.78 is 0. The van der Waals surface area contributed by atoms with Crippen LogP contribution >= 0.6 is 0 Å². The molecule has 270 valence electrons. The Hall–Kier alpha value is -6.96. The van der Waals surface area contributed by atoms with E-state index in [2.05, 4.69) is 231 Å². The molecule has 1 nitrogen and oxygen atoms in total. The Bertz CT molecular complexity index is 2940. The van der Waals surface area contributed by atoms with E-state index in [1.54, 1.807) is 0 Å². The molecule has 9 aromatic carbocycles. The van der Waals surface area contributed by atoms with Crippen molar-refractivity contribution in [3.63, 3.8) is 0 Å². The molecule has 0 atom stereocenters. The first-order valence-corrected chi connectivity index (χ1v) is 20.0. The average Bonchev–Trinajstić information content (AvgIpc) is 3.71. The summed E-state index contributed by atoms with van der Waals surface area (Å²) in [6.45, 7) is 4.75. The highest BCUT2D eigenvalue weighted by atomic mass is 15.1. The van der Waals surface area contributed by atoms with Crippen molar-refractivity contribution in [1.82, 2.24) is 0 Å². The predicted molar refractivity (Wildman–Crippen MR) is 239 cm³/mol. The zero-order valence-electron chi connectivity index (χ0n) is 32.2. The van der Waals surface area contributed by atoms with Crippen LogP contribution in [0.4, 0.5) is 17.1 Å². The van der Waals surface area contributed by atoms with E-state index in [9.17, 15) is 0 Å². The number of anilines is 3. The van der Waals surface area contributed by atoms with Crippen molar-refractivity contribution in [2.75, 3.05) is 4.90 Å². The summed E-state index contributed by atoms with van der Waals surface area (Å²) in [6.07, 6.45) is 0. The number of nitrogens with zero attached hydrogens (tertiary/aromatic N) is 1. The number of rotatable bonds is 6. The van der Waals surface area contributed by atoms with Crippen molar-refractivity contribution >= 4 is 27.8 Å². The van der Waals surface area contributed by atoms with Gasteiger partial charge in [0.25, 0.3) is 0 Å². The summed E-state index contributed by atoms with van der Waals surface area (Å²) in [6, 6.07) is 78.9. The van der Waals surface area contributed by atoms with Crippen LogP contribution in [0.3, 0.4) is 0 Å². The van der Waals surface area contributed by atoms with Gasteiger partial charge in [-0.05, 0) is 90.7 Å². The van der Waals surface area contributed by atoms with Gasteiger partial charge in [-0.2, -0.15) is 0 Å². The van der Waals surface area contributed by atoms with Crippen LogP contribution in [-0.2, 0) is 10.8 Å². The van der Waals surface area contributed by atoms with Gasteiger partial charge >= 0.3 is 0 Å². The topological polar surface area (TPSA) is 3.24 Å². The third kappa shape index (κ3) is 4.82. The van der Waals surface area contributed by atoms with Gasteiger partial charge < -0.3 is 4.90 Å². The molecule has 0 aromatic heterocycles. The first-order valence-electron chi connectivity index (χ1n) is 20.0. The van der Waals surface area contributed by atoms with E-state index < -0.39 is 5.41 Å². The van der Waals surface area contributed by atoms with Gasteiger partial charge in [-0.25, -0.2) is 0 Å². The molecule has 9 aromatic rings. The molecule has 0 heterocycles. The second-order valence-corrected chi connectivity index (χ2v) is 16.0. The van der Waals surface area contributed by atoms with E-state index in [-0.39, 0.29) is 5.41 Å². The van der Waals surface area contributed by atoms with Crippen LogP contribution in [0.1, 0.15) is 47.2 Å². The fraction of sp³-hybridized carbons (Fsp3) is 0.0714. The minimum atomic E-state index is -0.559. The van der Waals surface area contributed by atoms with E-state index in [0.717, 1.165) is 11.4 Å². The van der Waals surface area contributed by atoms with Crippen LogP contribution in [0.15, 0.2) is 212 Å². The Morgan fingerprint density at radius 2 is 0.930 bits per heavy atom. The van der Waals surface area contributed by atoms with Gasteiger partial charge in [0.2, 0.25) is 0 Å². The van der Waals surface area contributed by atoms with E-state index in [1.807, 2.05) is 0 Å². The van der Waals surface area contributed by atoms with Crippen molar-refractivity contribution in [2.24, 2.45) is 0 Å². The summed E-state index contributed by atoms with van der Waals surface area (Å²) in [5.41, 5.74) is 18.2. The number of benzene rings is 9. The molecule has 0 N–H and O–H groups in total. The first kappa shape index (κ1) is 33.4. The largest absolute Gasteiger partial charge is 0.309 e. The normalized spacial score (nSPS) is 14.1. The first-order chi connectivity index (χ1) is 28.1. The lowest BCUT2D eigenvalue weighted by atomic mass is 9.66. The van der Waals surface area contributed by atoms with Crippen molar-refractivity contribution in [2.45, 2.75) is 24.7 Å². The molecule has 2 aliphatic rings. The van der Waals surface area contributed by atoms with Crippen molar-refractivity contribution in [3.05, 3.63) is 246 Å². The van der Waals surface area contributed by atoms with Crippen molar-refractivity contribution in [1.29, 1.82) is 0 Å². The highest BCUT2D eigenvalue weighted by Gasteiger charge is 2.49. The lowest BCUT2D eigenvalue weighted by Gasteiger charge is -2.36. The van der Waals surface area contributed by atoms with Crippen LogP contribution in [0.2, 0.25) is 0 Å². The second-order valence-electron chi connectivity index (χ2n) is 16.0. The number of para-hydroxylation sites is 1. The molecule has 0 spiro atoms. The molecule has 0 saturated heterocycles. The van der Waals surface area contributed by atoms with Crippen LogP contribution in [-0.4, -0.2) is 0 Å². The zero-order chi connectivity index (χ0) is 38.1. The summed E-state index contributed by atoms with van der Waals surface area (Å²) in [4.78, 5) is 2.57. The summed E-state index contributed by atoms with van der Waals surface area (Å²) in [5.74, 6) is 0. The Kier molecular flexibility index (Phi) is 7.50. The maximum absolute atomic E-state index is 2.57. The van der Waals surface area contributed by atoms with Crippen LogP contribution < -0.4 is 4.90 Å². The van der Waals surface area contributed by atoms with Crippen LogP contribution in [0.5, 0.6) is 0 Å². The standard InChI is InChI=1S/C56H41N/c1-55(2)48-31-17-14-29-45(48)46-35-34-42(37-50(46)55)57(51-33-19-16-27-43(51)38-20-6-3-7-21-38)52-36-39-22-12-13-28-44(39)54-53(52)47-30-15-18-32-49(47)56(54,40-23-8-4-9-24-40)41-25-10-5-11-26-41/h3-37H,1-2H3. The number of hydrogen-bond donors (Lipinski definition) is 0. The molecule has 11 rings (SSSR count). The summed E-state index contributed by atoms with van der Waals surface area (Å²) in [5, 5.41) is 2.48. The van der Waals surface area contributed by atoms with Gasteiger partial charge in [-0.3, -0.25) is 0 Å². The van der Waals surface area contributed by atoms with Gasteiger partial charge in [0, 0.05) is 22.2 Å². The molecule has 0 fully saturated rings. The molecule has 0 bridgehead atoms. The number of hydrogen-bond acceptors (Lipinski definition) is 1. The lowest BCUT2D eigenvalue weighted by molar-refractivity contribution is 0.660.